The van der Waals surface area contributed by atoms with Crippen molar-refractivity contribution in [3.63, 3.8) is 0 Å². The Balaban J connectivity index is 2.45. The zero-order valence-corrected chi connectivity index (χ0v) is 10.5. The Morgan fingerprint density at radius 1 is 1.29 bits per heavy atom. The normalized spacial score (nSPS) is 24.5. The van der Waals surface area contributed by atoms with E-state index < -0.39 is 27.6 Å². The molecule has 1 aliphatic rings. The lowest BCUT2D eigenvalue weighted by atomic mass is 9.95. The highest BCUT2D eigenvalue weighted by molar-refractivity contribution is 7.90. The van der Waals surface area contributed by atoms with Crippen molar-refractivity contribution in [2.24, 2.45) is 11.8 Å². The van der Waals surface area contributed by atoms with Gasteiger partial charge in [-0.3, -0.25) is 9.59 Å². The van der Waals surface area contributed by atoms with Crippen LogP contribution in [-0.4, -0.2) is 44.0 Å². The van der Waals surface area contributed by atoms with E-state index >= 15 is 0 Å². The predicted molar refractivity (Wildman–Crippen MR) is 61.2 cm³/mol. The van der Waals surface area contributed by atoms with E-state index in [4.69, 9.17) is 5.11 Å². The van der Waals surface area contributed by atoms with Crippen LogP contribution in [0.3, 0.4) is 0 Å². The molecule has 7 heteroatoms. The summed E-state index contributed by atoms with van der Waals surface area (Å²) in [6.45, 7) is 0.0422. The maximum absolute atomic E-state index is 11.7. The van der Waals surface area contributed by atoms with Crippen LogP contribution in [0.1, 0.15) is 19.3 Å². The Kier molecular flexibility index (Phi) is 4.50. The minimum absolute atomic E-state index is 0.0422. The van der Waals surface area contributed by atoms with Gasteiger partial charge in [0.15, 0.2) is 0 Å². The van der Waals surface area contributed by atoms with E-state index in [1.54, 1.807) is 0 Å². The minimum Gasteiger partial charge on any atom is -0.481 e. The molecule has 0 aliphatic heterocycles. The number of hydrogen-bond acceptors (Lipinski definition) is 4. The lowest BCUT2D eigenvalue weighted by Gasteiger charge is -2.15. The summed E-state index contributed by atoms with van der Waals surface area (Å²) in [5.74, 6) is -2.58. The summed E-state index contributed by atoms with van der Waals surface area (Å²) >= 11 is 0. The number of amides is 1. The molecule has 1 amide bonds. The van der Waals surface area contributed by atoms with Crippen LogP contribution >= 0.6 is 0 Å². The average molecular weight is 263 g/mol. The van der Waals surface area contributed by atoms with Gasteiger partial charge >= 0.3 is 5.97 Å². The number of carboxylic acid groups (broad SMARTS) is 1. The van der Waals surface area contributed by atoms with E-state index in [1.807, 2.05) is 0 Å². The quantitative estimate of drug-likeness (QED) is 0.706. The highest BCUT2D eigenvalue weighted by atomic mass is 32.2. The Morgan fingerprint density at radius 3 is 2.41 bits per heavy atom. The molecule has 2 N–H and O–H groups in total. The molecule has 17 heavy (non-hydrogen) atoms. The van der Waals surface area contributed by atoms with E-state index in [0.717, 1.165) is 12.7 Å². The van der Waals surface area contributed by atoms with Crippen molar-refractivity contribution in [1.82, 2.24) is 5.32 Å². The summed E-state index contributed by atoms with van der Waals surface area (Å²) in [4.78, 5) is 22.6. The van der Waals surface area contributed by atoms with Gasteiger partial charge in [-0.25, -0.2) is 8.42 Å². The van der Waals surface area contributed by atoms with E-state index in [0.29, 0.717) is 12.8 Å². The monoisotopic (exact) mass is 263 g/mol. The second-order valence-electron chi connectivity index (χ2n) is 4.40. The molecule has 0 aromatic carbocycles. The third-order valence-electron chi connectivity index (χ3n) is 2.94. The Hall–Kier alpha value is -1.11. The first kappa shape index (κ1) is 14.0. The van der Waals surface area contributed by atoms with E-state index in [2.05, 4.69) is 5.32 Å². The van der Waals surface area contributed by atoms with Crippen LogP contribution in [0.4, 0.5) is 0 Å². The summed E-state index contributed by atoms with van der Waals surface area (Å²) in [6.07, 6.45) is 2.89. The van der Waals surface area contributed by atoms with Crippen LogP contribution in [-0.2, 0) is 19.4 Å². The molecule has 1 aliphatic carbocycles. The van der Waals surface area contributed by atoms with Gasteiger partial charge in [0.1, 0.15) is 9.84 Å². The number of rotatable bonds is 5. The zero-order valence-electron chi connectivity index (χ0n) is 9.68. The molecule has 0 saturated heterocycles. The van der Waals surface area contributed by atoms with Gasteiger partial charge in [0.05, 0.1) is 17.6 Å². The summed E-state index contributed by atoms with van der Waals surface area (Å²) in [5, 5.41) is 11.4. The SMILES string of the molecule is CS(=O)(=O)CCNC(=O)[C@@H]1CCC[C@@H]1C(=O)O. The lowest BCUT2D eigenvalue weighted by Crippen LogP contribution is -2.37. The highest BCUT2D eigenvalue weighted by Gasteiger charge is 2.37. The zero-order chi connectivity index (χ0) is 13.1. The summed E-state index contributed by atoms with van der Waals surface area (Å²) in [5.41, 5.74) is 0. The average Bonchev–Trinajstić information content (AvgIpc) is 2.63. The fourth-order valence-corrected chi connectivity index (χ4v) is 2.53. The third-order valence-corrected chi connectivity index (χ3v) is 3.89. The van der Waals surface area contributed by atoms with Gasteiger partial charge in [0.2, 0.25) is 5.91 Å². The second kappa shape index (κ2) is 5.48. The first-order valence-electron chi connectivity index (χ1n) is 5.49. The van der Waals surface area contributed by atoms with Crippen LogP contribution in [0.2, 0.25) is 0 Å². The van der Waals surface area contributed by atoms with Crippen molar-refractivity contribution in [2.45, 2.75) is 19.3 Å². The van der Waals surface area contributed by atoms with Gasteiger partial charge in [-0.15, -0.1) is 0 Å². The van der Waals surface area contributed by atoms with Crippen molar-refractivity contribution in [3.8, 4) is 0 Å². The summed E-state index contributed by atoms with van der Waals surface area (Å²) < 4.78 is 21.7. The summed E-state index contributed by atoms with van der Waals surface area (Å²) in [7, 11) is -3.10. The van der Waals surface area contributed by atoms with Gasteiger partial charge in [-0.1, -0.05) is 6.42 Å². The van der Waals surface area contributed by atoms with Crippen LogP contribution in [0.25, 0.3) is 0 Å². The standard InChI is InChI=1S/C10H17NO5S/c1-17(15,16)6-5-11-9(12)7-3-2-4-8(7)10(13)14/h7-8H,2-6H2,1H3,(H,11,12)(H,13,14)/t7-,8+/m1/s1. The molecule has 0 unspecified atom stereocenters. The molecule has 0 aromatic rings. The molecule has 0 aromatic heterocycles. The fourth-order valence-electron chi connectivity index (χ4n) is 2.06. The maximum atomic E-state index is 11.7. The molecule has 6 nitrogen and oxygen atoms in total. The first-order valence-corrected chi connectivity index (χ1v) is 7.55. The van der Waals surface area contributed by atoms with E-state index in [-0.39, 0.29) is 18.2 Å². The number of carboxylic acids is 1. The topological polar surface area (TPSA) is 101 Å². The van der Waals surface area contributed by atoms with Crippen molar-refractivity contribution in [2.75, 3.05) is 18.6 Å². The molecule has 1 rings (SSSR count). The smallest absolute Gasteiger partial charge is 0.307 e. The first-order chi connectivity index (χ1) is 7.81. The number of aliphatic carboxylic acids is 1. The number of nitrogens with one attached hydrogen (secondary N) is 1. The minimum atomic E-state index is -3.10. The molecule has 0 bridgehead atoms. The van der Waals surface area contributed by atoms with Crippen molar-refractivity contribution >= 4 is 21.7 Å². The molecular formula is C10H17NO5S. The molecule has 0 heterocycles. The molecular weight excluding hydrogens is 246 g/mol. The fraction of sp³-hybridized carbons (Fsp3) is 0.800. The van der Waals surface area contributed by atoms with Gasteiger partial charge in [-0.2, -0.15) is 0 Å². The number of hydrogen-bond donors (Lipinski definition) is 2. The molecule has 98 valence electrons. The molecule has 2 atom stereocenters. The Labute approximate surface area is 100 Å². The van der Waals surface area contributed by atoms with Crippen LogP contribution in [0.15, 0.2) is 0 Å². The Morgan fingerprint density at radius 2 is 1.88 bits per heavy atom. The van der Waals surface area contributed by atoms with Crippen molar-refractivity contribution in [1.29, 1.82) is 0 Å². The van der Waals surface area contributed by atoms with Gasteiger partial charge in [0.25, 0.3) is 0 Å². The number of carbonyl (C=O) groups excluding carboxylic acids is 1. The molecule has 1 fully saturated rings. The maximum Gasteiger partial charge on any atom is 0.307 e. The van der Waals surface area contributed by atoms with Gasteiger partial charge in [-0.05, 0) is 12.8 Å². The van der Waals surface area contributed by atoms with Gasteiger partial charge in [0, 0.05) is 12.8 Å². The van der Waals surface area contributed by atoms with Crippen LogP contribution < -0.4 is 5.32 Å². The van der Waals surface area contributed by atoms with E-state index in [1.165, 1.54) is 0 Å². The van der Waals surface area contributed by atoms with Crippen LogP contribution in [0.5, 0.6) is 0 Å². The van der Waals surface area contributed by atoms with Crippen molar-refractivity contribution < 1.29 is 23.1 Å². The number of sulfone groups is 1. The number of carbonyl (C=O) groups is 2. The van der Waals surface area contributed by atoms with E-state index in [9.17, 15) is 18.0 Å². The molecule has 1 saturated carbocycles. The third kappa shape index (κ3) is 4.33. The largest absolute Gasteiger partial charge is 0.481 e. The molecule has 0 radical (unpaired) electrons. The lowest BCUT2D eigenvalue weighted by molar-refractivity contribution is -0.146. The van der Waals surface area contributed by atoms with Crippen molar-refractivity contribution in [3.05, 3.63) is 0 Å². The predicted octanol–water partition coefficient (Wildman–Crippen LogP) is -0.352. The summed E-state index contributed by atoms with van der Waals surface area (Å²) in [6, 6.07) is 0. The molecule has 0 spiro atoms. The van der Waals surface area contributed by atoms with Crippen LogP contribution in [0, 0.1) is 11.8 Å². The second-order valence-corrected chi connectivity index (χ2v) is 6.66. The Bertz CT molecular complexity index is 403. The van der Waals surface area contributed by atoms with Gasteiger partial charge < -0.3 is 10.4 Å². The highest BCUT2D eigenvalue weighted by Crippen LogP contribution is 2.31.